The van der Waals surface area contributed by atoms with E-state index in [1.807, 2.05) is 0 Å². The van der Waals surface area contributed by atoms with Crippen LogP contribution < -0.4 is 10.6 Å². The Labute approximate surface area is 184 Å². The lowest BCUT2D eigenvalue weighted by Gasteiger charge is -2.31. The molecule has 11 heteroatoms. The standard InChI is InChI=1S/C21H18F4N4O2S/c1-12-2-3-13(8-16(12)22)15-6-7-28(11-17(15)30)19-9-26-29(20(31)27-19)10-14-4-5-18(32-14)21(23,24)25/h2-6,8-9,17,30H,7,10-11H2,1H3/t17-/m0/s1. The molecule has 0 saturated heterocycles. The molecule has 0 amide bonds. The fraction of sp³-hybridized carbons (Fsp3) is 0.286. The van der Waals surface area contributed by atoms with Crippen molar-refractivity contribution in [3.05, 3.63) is 79.8 Å². The average molecular weight is 466 g/mol. The molecule has 0 bridgehead atoms. The third-order valence-electron chi connectivity index (χ3n) is 5.10. The molecule has 0 saturated carbocycles. The van der Waals surface area contributed by atoms with Crippen LogP contribution in [-0.2, 0) is 12.7 Å². The van der Waals surface area contributed by atoms with Gasteiger partial charge in [0.15, 0.2) is 5.82 Å². The van der Waals surface area contributed by atoms with Crippen LogP contribution in [0.5, 0.6) is 0 Å². The van der Waals surface area contributed by atoms with Crippen LogP contribution in [0, 0.1) is 12.7 Å². The van der Waals surface area contributed by atoms with Crippen LogP contribution in [0.15, 0.2) is 47.4 Å². The molecule has 0 unspecified atom stereocenters. The highest BCUT2D eigenvalue weighted by Gasteiger charge is 2.32. The number of rotatable bonds is 4. The predicted octanol–water partition coefficient (Wildman–Crippen LogP) is 3.48. The summed E-state index contributed by atoms with van der Waals surface area (Å²) >= 11 is 0.545. The van der Waals surface area contributed by atoms with Gasteiger partial charge in [-0.05, 0) is 41.8 Å². The summed E-state index contributed by atoms with van der Waals surface area (Å²) in [4.78, 5) is 17.5. The van der Waals surface area contributed by atoms with Crippen LogP contribution >= 0.6 is 11.3 Å². The van der Waals surface area contributed by atoms with E-state index in [9.17, 15) is 27.5 Å². The molecule has 1 aromatic carbocycles. The van der Waals surface area contributed by atoms with Crippen LogP contribution in [0.3, 0.4) is 0 Å². The highest BCUT2D eigenvalue weighted by atomic mass is 32.1. The van der Waals surface area contributed by atoms with Gasteiger partial charge in [-0.2, -0.15) is 23.3 Å². The van der Waals surface area contributed by atoms with E-state index in [4.69, 9.17) is 0 Å². The molecule has 1 aliphatic rings. The summed E-state index contributed by atoms with van der Waals surface area (Å²) in [5, 5.41) is 14.6. The van der Waals surface area contributed by atoms with Crippen molar-refractivity contribution < 1.29 is 22.7 Å². The quantitative estimate of drug-likeness (QED) is 0.597. The Kier molecular flexibility index (Phi) is 5.87. The lowest BCUT2D eigenvalue weighted by Crippen LogP contribution is -2.39. The maximum Gasteiger partial charge on any atom is 0.425 e. The van der Waals surface area contributed by atoms with E-state index in [-0.39, 0.29) is 24.7 Å². The Morgan fingerprint density at radius 1 is 1.25 bits per heavy atom. The van der Waals surface area contributed by atoms with E-state index in [1.54, 1.807) is 30.0 Å². The first kappa shape index (κ1) is 22.2. The van der Waals surface area contributed by atoms with Gasteiger partial charge in [-0.3, -0.25) is 0 Å². The SMILES string of the molecule is Cc1ccc(C2=CCN(c3cnn(Cc4ccc(C(F)(F)F)s4)c(=O)n3)C[C@@H]2O)cc1F. The van der Waals surface area contributed by atoms with E-state index in [0.717, 1.165) is 10.7 Å². The lowest BCUT2D eigenvalue weighted by molar-refractivity contribution is -0.134. The van der Waals surface area contributed by atoms with Gasteiger partial charge in [-0.1, -0.05) is 18.2 Å². The molecule has 168 valence electrons. The van der Waals surface area contributed by atoms with Gasteiger partial charge >= 0.3 is 11.9 Å². The molecule has 0 radical (unpaired) electrons. The fourth-order valence-corrected chi connectivity index (χ4v) is 4.23. The van der Waals surface area contributed by atoms with Crippen molar-refractivity contribution in [1.82, 2.24) is 14.8 Å². The Bertz CT molecular complexity index is 1240. The molecule has 1 atom stereocenters. The maximum atomic E-state index is 13.9. The molecule has 6 nitrogen and oxygen atoms in total. The number of thiophene rings is 1. The lowest BCUT2D eigenvalue weighted by atomic mass is 9.96. The minimum atomic E-state index is -4.44. The Balaban J connectivity index is 1.50. The van der Waals surface area contributed by atoms with E-state index in [2.05, 4.69) is 10.1 Å². The third kappa shape index (κ3) is 4.58. The number of alkyl halides is 3. The van der Waals surface area contributed by atoms with Gasteiger partial charge in [-0.25, -0.2) is 13.9 Å². The van der Waals surface area contributed by atoms with Crippen molar-refractivity contribution in [2.45, 2.75) is 25.7 Å². The molecule has 0 fully saturated rings. The number of anilines is 1. The minimum absolute atomic E-state index is 0.124. The zero-order chi connectivity index (χ0) is 23.0. The van der Waals surface area contributed by atoms with Gasteiger partial charge in [0.1, 0.15) is 10.7 Å². The first-order valence-corrected chi connectivity index (χ1v) is 10.4. The molecule has 1 N–H and O–H groups in total. The number of hydrogen-bond donors (Lipinski definition) is 1. The zero-order valence-corrected chi connectivity index (χ0v) is 17.6. The molecule has 32 heavy (non-hydrogen) atoms. The van der Waals surface area contributed by atoms with Crippen molar-refractivity contribution >= 4 is 22.7 Å². The predicted molar refractivity (Wildman–Crippen MR) is 112 cm³/mol. The molecule has 4 rings (SSSR count). The number of hydrogen-bond acceptors (Lipinski definition) is 6. The van der Waals surface area contributed by atoms with Gasteiger partial charge in [0.25, 0.3) is 0 Å². The monoisotopic (exact) mass is 466 g/mol. The highest BCUT2D eigenvalue weighted by molar-refractivity contribution is 7.12. The van der Waals surface area contributed by atoms with Crippen LogP contribution in [-0.4, -0.2) is 39.1 Å². The largest absolute Gasteiger partial charge is 0.425 e. The Morgan fingerprint density at radius 2 is 2.03 bits per heavy atom. The van der Waals surface area contributed by atoms with Gasteiger partial charge in [0, 0.05) is 18.0 Å². The number of nitrogens with zero attached hydrogens (tertiary/aromatic N) is 4. The second-order valence-corrected chi connectivity index (χ2v) is 8.53. The number of halogens is 4. The smallest absolute Gasteiger partial charge is 0.387 e. The van der Waals surface area contributed by atoms with Crippen molar-refractivity contribution in [2.75, 3.05) is 18.0 Å². The second kappa shape index (κ2) is 8.47. The molecule has 1 aliphatic heterocycles. The number of benzene rings is 1. The fourth-order valence-electron chi connectivity index (χ4n) is 3.37. The second-order valence-electron chi connectivity index (χ2n) is 7.36. The van der Waals surface area contributed by atoms with Crippen molar-refractivity contribution in [1.29, 1.82) is 0 Å². The molecular weight excluding hydrogens is 448 g/mol. The van der Waals surface area contributed by atoms with Crippen LogP contribution in [0.4, 0.5) is 23.4 Å². The Hall–Kier alpha value is -3.05. The number of aliphatic hydroxyl groups excluding tert-OH is 1. The summed E-state index contributed by atoms with van der Waals surface area (Å²) in [7, 11) is 0. The summed E-state index contributed by atoms with van der Waals surface area (Å²) in [6.07, 6.45) is -2.30. The topological polar surface area (TPSA) is 71.2 Å². The van der Waals surface area contributed by atoms with E-state index < -0.39 is 22.8 Å². The minimum Gasteiger partial charge on any atom is -0.387 e. The van der Waals surface area contributed by atoms with Crippen molar-refractivity contribution in [2.24, 2.45) is 0 Å². The first-order chi connectivity index (χ1) is 15.1. The van der Waals surface area contributed by atoms with E-state index in [1.165, 1.54) is 18.3 Å². The maximum absolute atomic E-state index is 13.9. The van der Waals surface area contributed by atoms with E-state index >= 15 is 0 Å². The summed E-state index contributed by atoms with van der Waals surface area (Å²) in [5.41, 5.74) is 0.958. The van der Waals surface area contributed by atoms with Crippen molar-refractivity contribution in [3.63, 3.8) is 0 Å². The zero-order valence-electron chi connectivity index (χ0n) is 16.8. The number of β-amino-alcohol motifs (C(OH)–C–C–N with tert-alkyl or cyclic N) is 1. The van der Waals surface area contributed by atoms with Gasteiger partial charge in [0.2, 0.25) is 0 Å². The molecular formula is C21H18F4N4O2S. The van der Waals surface area contributed by atoms with Crippen LogP contribution in [0.2, 0.25) is 0 Å². The number of aromatic nitrogens is 3. The summed E-state index contributed by atoms with van der Waals surface area (Å²) < 4.78 is 53.1. The molecule has 3 heterocycles. The normalized spacial score (nSPS) is 16.9. The van der Waals surface area contributed by atoms with Crippen LogP contribution in [0.1, 0.15) is 20.9 Å². The average Bonchev–Trinajstić information content (AvgIpc) is 3.21. The molecule has 2 aromatic heterocycles. The molecule has 0 spiro atoms. The number of aryl methyl sites for hydroxylation is 1. The molecule has 0 aliphatic carbocycles. The van der Waals surface area contributed by atoms with Crippen LogP contribution in [0.25, 0.3) is 5.57 Å². The van der Waals surface area contributed by atoms with Crippen molar-refractivity contribution in [3.8, 4) is 0 Å². The summed E-state index contributed by atoms with van der Waals surface area (Å²) in [5.74, 6) is -0.126. The molecule has 3 aromatic rings. The Morgan fingerprint density at radius 3 is 2.66 bits per heavy atom. The van der Waals surface area contributed by atoms with Gasteiger partial charge in [-0.15, -0.1) is 11.3 Å². The first-order valence-electron chi connectivity index (χ1n) is 9.61. The number of aliphatic hydroxyl groups is 1. The van der Waals surface area contributed by atoms with E-state index in [0.29, 0.717) is 39.5 Å². The van der Waals surface area contributed by atoms with Gasteiger partial charge < -0.3 is 10.0 Å². The summed E-state index contributed by atoms with van der Waals surface area (Å²) in [6, 6.07) is 7.01. The third-order valence-corrected chi connectivity index (χ3v) is 6.22. The highest BCUT2D eigenvalue weighted by Crippen LogP contribution is 2.34. The summed E-state index contributed by atoms with van der Waals surface area (Å²) in [6.45, 7) is 1.97. The van der Waals surface area contributed by atoms with Gasteiger partial charge in [0.05, 0.1) is 18.8 Å².